The number of aromatic nitrogens is 2. The molecule has 0 spiro atoms. The Bertz CT molecular complexity index is 483. The molecule has 2 rings (SSSR count). The molecule has 0 saturated carbocycles. The van der Waals surface area contributed by atoms with E-state index in [2.05, 4.69) is 9.97 Å². The van der Waals surface area contributed by atoms with E-state index < -0.39 is 0 Å². The number of fused-ring (bicyclic) bond motifs is 1. The molecule has 0 unspecified atom stereocenters. The van der Waals surface area contributed by atoms with Crippen LogP contribution in [-0.2, 0) is 6.42 Å². The van der Waals surface area contributed by atoms with Crippen molar-refractivity contribution in [3.63, 3.8) is 0 Å². The second-order valence-corrected chi connectivity index (χ2v) is 5.23. The predicted molar refractivity (Wildman–Crippen MR) is 77.3 cm³/mol. The minimum absolute atomic E-state index is 0.546. The van der Waals surface area contributed by atoms with E-state index in [0.717, 1.165) is 42.7 Å². The summed E-state index contributed by atoms with van der Waals surface area (Å²) >= 11 is 11.9. The molecule has 0 fully saturated rings. The first-order valence-corrected chi connectivity index (χ1v) is 7.00. The fraction of sp³-hybridized carbons (Fsp3) is 0.462. The second-order valence-electron chi connectivity index (χ2n) is 4.42. The maximum absolute atomic E-state index is 5.97. The molecule has 0 amide bonds. The van der Waals surface area contributed by atoms with Gasteiger partial charge in [0, 0.05) is 6.42 Å². The zero-order chi connectivity index (χ0) is 13.0. The molecule has 3 N–H and O–H groups in total. The van der Waals surface area contributed by atoms with Gasteiger partial charge in [-0.15, -0.1) is 0 Å². The number of hydrogen-bond acceptors (Lipinski definition) is 2. The van der Waals surface area contributed by atoms with Crippen molar-refractivity contribution >= 4 is 34.2 Å². The summed E-state index contributed by atoms with van der Waals surface area (Å²) < 4.78 is 0. The Morgan fingerprint density at radius 2 is 1.78 bits per heavy atom. The molecule has 1 aromatic carbocycles. The lowest BCUT2D eigenvalue weighted by Crippen LogP contribution is -1.98. The van der Waals surface area contributed by atoms with E-state index in [0.29, 0.717) is 10.0 Å². The molecular weight excluding hydrogens is 269 g/mol. The SMILES string of the molecule is NCCCCCCc1nc2cc(Cl)c(Cl)cc2[nH]1. The Balaban J connectivity index is 1.97. The fourth-order valence-corrected chi connectivity index (χ4v) is 2.29. The van der Waals surface area contributed by atoms with E-state index in [4.69, 9.17) is 28.9 Å². The number of imidazole rings is 1. The minimum atomic E-state index is 0.546. The summed E-state index contributed by atoms with van der Waals surface area (Å²) in [7, 11) is 0. The fourth-order valence-electron chi connectivity index (χ4n) is 1.97. The molecule has 1 aromatic heterocycles. The van der Waals surface area contributed by atoms with Crippen LogP contribution in [0.5, 0.6) is 0 Å². The molecule has 18 heavy (non-hydrogen) atoms. The zero-order valence-electron chi connectivity index (χ0n) is 10.2. The van der Waals surface area contributed by atoms with Gasteiger partial charge >= 0.3 is 0 Å². The summed E-state index contributed by atoms with van der Waals surface area (Å²) in [6.45, 7) is 0.779. The molecule has 0 aliphatic heterocycles. The van der Waals surface area contributed by atoms with Gasteiger partial charge in [0.1, 0.15) is 5.82 Å². The zero-order valence-corrected chi connectivity index (χ0v) is 11.7. The maximum Gasteiger partial charge on any atom is 0.107 e. The maximum atomic E-state index is 5.97. The summed E-state index contributed by atoms with van der Waals surface area (Å²) in [6, 6.07) is 3.62. The number of rotatable bonds is 6. The average Bonchev–Trinajstić information content (AvgIpc) is 2.71. The van der Waals surface area contributed by atoms with E-state index in [1.165, 1.54) is 12.8 Å². The first-order valence-electron chi connectivity index (χ1n) is 6.24. The second kappa shape index (κ2) is 6.41. The van der Waals surface area contributed by atoms with E-state index in [1.54, 1.807) is 6.07 Å². The highest BCUT2D eigenvalue weighted by molar-refractivity contribution is 6.42. The molecular formula is C13H17Cl2N3. The Hall–Kier alpha value is -0.770. The van der Waals surface area contributed by atoms with Crippen molar-refractivity contribution in [3.05, 3.63) is 28.0 Å². The largest absolute Gasteiger partial charge is 0.342 e. The topological polar surface area (TPSA) is 54.7 Å². The van der Waals surface area contributed by atoms with Crippen molar-refractivity contribution in [1.29, 1.82) is 0 Å². The first-order chi connectivity index (χ1) is 8.70. The third kappa shape index (κ3) is 3.37. The van der Waals surface area contributed by atoms with Gasteiger partial charge in [-0.25, -0.2) is 4.98 Å². The first kappa shape index (κ1) is 13.7. The highest BCUT2D eigenvalue weighted by atomic mass is 35.5. The van der Waals surface area contributed by atoms with Crippen LogP contribution < -0.4 is 5.73 Å². The number of nitrogens with one attached hydrogen (secondary N) is 1. The molecule has 0 radical (unpaired) electrons. The molecule has 5 heteroatoms. The van der Waals surface area contributed by atoms with E-state index in [1.807, 2.05) is 6.07 Å². The monoisotopic (exact) mass is 285 g/mol. The number of nitrogens with two attached hydrogens (primary N) is 1. The predicted octanol–water partition coefficient (Wildman–Crippen LogP) is 3.93. The summed E-state index contributed by atoms with van der Waals surface area (Å²) in [4.78, 5) is 7.78. The van der Waals surface area contributed by atoms with Gasteiger partial charge in [0.15, 0.2) is 0 Å². The number of H-pyrrole nitrogens is 1. The summed E-state index contributed by atoms with van der Waals surface area (Å²) in [5.74, 6) is 0.996. The van der Waals surface area contributed by atoms with Crippen molar-refractivity contribution in [3.8, 4) is 0 Å². The van der Waals surface area contributed by atoms with Gasteiger partial charge < -0.3 is 10.7 Å². The van der Waals surface area contributed by atoms with Crippen molar-refractivity contribution in [2.75, 3.05) is 6.54 Å². The van der Waals surface area contributed by atoms with Crippen LogP contribution in [0.3, 0.4) is 0 Å². The average molecular weight is 286 g/mol. The van der Waals surface area contributed by atoms with Crippen molar-refractivity contribution < 1.29 is 0 Å². The van der Waals surface area contributed by atoms with E-state index >= 15 is 0 Å². The quantitative estimate of drug-likeness (QED) is 0.790. The van der Waals surface area contributed by atoms with Gasteiger partial charge in [0.25, 0.3) is 0 Å². The van der Waals surface area contributed by atoms with Gasteiger partial charge in [-0.2, -0.15) is 0 Å². The van der Waals surface area contributed by atoms with Gasteiger partial charge in [-0.1, -0.05) is 36.0 Å². The Morgan fingerprint density at radius 1 is 1.06 bits per heavy atom. The van der Waals surface area contributed by atoms with Crippen LogP contribution in [0, 0.1) is 0 Å². The molecule has 0 aliphatic rings. The molecule has 2 aromatic rings. The van der Waals surface area contributed by atoms with Crippen LogP contribution in [0.4, 0.5) is 0 Å². The Morgan fingerprint density at radius 3 is 2.56 bits per heavy atom. The highest BCUT2D eigenvalue weighted by Gasteiger charge is 2.06. The van der Waals surface area contributed by atoms with Crippen LogP contribution in [0.1, 0.15) is 31.5 Å². The van der Waals surface area contributed by atoms with Gasteiger partial charge in [-0.05, 0) is 31.5 Å². The molecule has 3 nitrogen and oxygen atoms in total. The van der Waals surface area contributed by atoms with Crippen molar-refractivity contribution in [2.45, 2.75) is 32.1 Å². The Labute approximate surface area is 117 Å². The van der Waals surface area contributed by atoms with Crippen molar-refractivity contribution in [2.24, 2.45) is 5.73 Å². The number of halogens is 2. The summed E-state index contributed by atoms with van der Waals surface area (Å²) in [5, 5.41) is 1.10. The number of unbranched alkanes of at least 4 members (excludes halogenated alkanes) is 3. The van der Waals surface area contributed by atoms with Crippen LogP contribution in [-0.4, -0.2) is 16.5 Å². The Kier molecular flexibility index (Phi) is 4.87. The smallest absolute Gasteiger partial charge is 0.107 e. The van der Waals surface area contributed by atoms with Crippen LogP contribution >= 0.6 is 23.2 Å². The summed E-state index contributed by atoms with van der Waals surface area (Å²) in [5.41, 5.74) is 7.28. The molecule has 0 atom stereocenters. The van der Waals surface area contributed by atoms with Crippen LogP contribution in [0.25, 0.3) is 11.0 Å². The standard InChI is InChI=1S/C13H17Cl2N3/c14-9-7-11-12(8-10(9)15)18-13(17-11)5-3-1-2-4-6-16/h7-8H,1-6,16H2,(H,17,18). The summed E-state index contributed by atoms with van der Waals surface area (Å²) in [6.07, 6.45) is 5.56. The number of hydrogen-bond donors (Lipinski definition) is 2. The third-order valence-electron chi connectivity index (χ3n) is 2.94. The van der Waals surface area contributed by atoms with Crippen LogP contribution in [0.15, 0.2) is 12.1 Å². The van der Waals surface area contributed by atoms with E-state index in [-0.39, 0.29) is 0 Å². The highest BCUT2D eigenvalue weighted by Crippen LogP contribution is 2.26. The normalized spacial score (nSPS) is 11.3. The molecule has 0 saturated heterocycles. The minimum Gasteiger partial charge on any atom is -0.342 e. The number of aromatic amines is 1. The molecule has 0 bridgehead atoms. The van der Waals surface area contributed by atoms with Gasteiger partial charge in [0.2, 0.25) is 0 Å². The number of benzene rings is 1. The lowest BCUT2D eigenvalue weighted by atomic mass is 10.1. The third-order valence-corrected chi connectivity index (χ3v) is 3.66. The van der Waals surface area contributed by atoms with Gasteiger partial charge in [-0.3, -0.25) is 0 Å². The van der Waals surface area contributed by atoms with Crippen molar-refractivity contribution in [1.82, 2.24) is 9.97 Å². The molecule has 98 valence electrons. The molecule has 1 heterocycles. The number of aryl methyl sites for hydroxylation is 1. The van der Waals surface area contributed by atoms with Gasteiger partial charge in [0.05, 0.1) is 21.1 Å². The number of nitrogens with zero attached hydrogens (tertiary/aromatic N) is 1. The van der Waals surface area contributed by atoms with E-state index in [9.17, 15) is 0 Å². The van der Waals surface area contributed by atoms with Crippen LogP contribution in [0.2, 0.25) is 10.0 Å². The lowest BCUT2D eigenvalue weighted by molar-refractivity contribution is 0.638. The lowest BCUT2D eigenvalue weighted by Gasteiger charge is -1.97. The molecule has 0 aliphatic carbocycles.